The third-order valence-corrected chi connectivity index (χ3v) is 5.10. The van der Waals surface area contributed by atoms with Crippen molar-refractivity contribution in [3.8, 4) is 17.2 Å². The number of nitrogens with one attached hydrogen (secondary N) is 1. The zero-order valence-electron chi connectivity index (χ0n) is 17.9. The lowest BCUT2D eigenvalue weighted by molar-refractivity contribution is -0.119. The fourth-order valence-corrected chi connectivity index (χ4v) is 3.51. The van der Waals surface area contributed by atoms with Crippen molar-refractivity contribution < 1.29 is 19.4 Å². The number of carbonyl (C=O) groups excluding carboxylic acids is 1. The largest absolute Gasteiger partial charge is 0.502 e. The van der Waals surface area contributed by atoms with Crippen molar-refractivity contribution in [2.75, 3.05) is 19.1 Å². The maximum absolute atomic E-state index is 12.7. The molecule has 6 N–H and O–H groups in total. The maximum atomic E-state index is 12.7. The average Bonchev–Trinajstić information content (AvgIpc) is 2.80. The third kappa shape index (κ3) is 4.75. The molecule has 3 aromatic rings. The maximum Gasteiger partial charge on any atom is 0.244 e. The van der Waals surface area contributed by atoms with Gasteiger partial charge >= 0.3 is 0 Å². The Labute approximate surface area is 186 Å². The summed E-state index contributed by atoms with van der Waals surface area (Å²) in [4.78, 5) is 14.6. The van der Waals surface area contributed by atoms with E-state index < -0.39 is 11.9 Å². The molecule has 0 aliphatic carbocycles. The van der Waals surface area contributed by atoms with Gasteiger partial charge in [-0.15, -0.1) is 0 Å². The van der Waals surface area contributed by atoms with Crippen LogP contribution in [-0.4, -0.2) is 31.1 Å². The highest BCUT2D eigenvalue weighted by Crippen LogP contribution is 2.41. The molecule has 1 atom stereocenters. The Balaban J connectivity index is 2.15. The summed E-state index contributed by atoms with van der Waals surface area (Å²) in [5.41, 5.74) is 14.2. The van der Waals surface area contributed by atoms with Gasteiger partial charge in [-0.3, -0.25) is 10.2 Å². The molecule has 0 aliphatic heterocycles. The molecule has 3 rings (SSSR count). The van der Waals surface area contributed by atoms with Crippen molar-refractivity contribution in [3.05, 3.63) is 83.4 Å². The van der Waals surface area contributed by atoms with Crippen LogP contribution in [0.5, 0.6) is 17.2 Å². The van der Waals surface area contributed by atoms with Gasteiger partial charge in [0.1, 0.15) is 11.9 Å². The van der Waals surface area contributed by atoms with Gasteiger partial charge in [-0.2, -0.15) is 0 Å². The number of rotatable bonds is 9. The van der Waals surface area contributed by atoms with Gasteiger partial charge in [0.05, 0.1) is 14.2 Å². The van der Waals surface area contributed by atoms with Crippen LogP contribution in [-0.2, 0) is 11.3 Å². The van der Waals surface area contributed by atoms with Gasteiger partial charge in [-0.1, -0.05) is 30.3 Å². The first kappa shape index (κ1) is 22.5. The van der Waals surface area contributed by atoms with E-state index in [1.807, 2.05) is 35.2 Å². The lowest BCUT2D eigenvalue weighted by Gasteiger charge is -2.33. The number of benzene rings is 3. The van der Waals surface area contributed by atoms with Crippen LogP contribution in [0.25, 0.3) is 0 Å². The molecule has 0 saturated heterocycles. The van der Waals surface area contributed by atoms with Gasteiger partial charge in [0.25, 0.3) is 0 Å². The Bertz CT molecular complexity index is 1080. The van der Waals surface area contributed by atoms with E-state index in [1.54, 1.807) is 36.4 Å². The Morgan fingerprint density at radius 2 is 1.56 bits per heavy atom. The zero-order valence-corrected chi connectivity index (χ0v) is 17.9. The van der Waals surface area contributed by atoms with E-state index in [1.165, 1.54) is 14.2 Å². The number of nitrogens with zero attached hydrogens (tertiary/aromatic N) is 1. The molecule has 0 aliphatic rings. The number of ether oxygens (including phenoxy) is 2. The Kier molecular flexibility index (Phi) is 6.84. The lowest BCUT2D eigenvalue weighted by Crippen LogP contribution is -2.37. The van der Waals surface area contributed by atoms with Crippen molar-refractivity contribution >= 4 is 17.4 Å². The number of anilines is 1. The Morgan fingerprint density at radius 1 is 1.00 bits per heavy atom. The van der Waals surface area contributed by atoms with Gasteiger partial charge in [0.2, 0.25) is 11.7 Å². The summed E-state index contributed by atoms with van der Waals surface area (Å²) >= 11 is 0. The van der Waals surface area contributed by atoms with E-state index in [-0.39, 0.29) is 23.1 Å². The predicted octanol–water partition coefficient (Wildman–Crippen LogP) is 2.93. The second-order valence-electron chi connectivity index (χ2n) is 7.15. The molecule has 0 spiro atoms. The highest BCUT2D eigenvalue weighted by molar-refractivity contribution is 5.95. The second kappa shape index (κ2) is 9.74. The summed E-state index contributed by atoms with van der Waals surface area (Å²) in [7, 11) is 2.83. The molecule has 8 heteroatoms. The van der Waals surface area contributed by atoms with Crippen molar-refractivity contribution in [2.24, 2.45) is 11.5 Å². The van der Waals surface area contributed by atoms with Crippen molar-refractivity contribution in [2.45, 2.75) is 12.6 Å². The van der Waals surface area contributed by atoms with Gasteiger partial charge in [0, 0.05) is 17.8 Å². The van der Waals surface area contributed by atoms with Crippen LogP contribution in [0.15, 0.2) is 66.7 Å². The van der Waals surface area contributed by atoms with Crippen LogP contribution < -0.4 is 25.8 Å². The summed E-state index contributed by atoms with van der Waals surface area (Å²) < 4.78 is 10.5. The number of carbonyl (C=O) groups is 1. The van der Waals surface area contributed by atoms with E-state index in [0.717, 1.165) is 5.56 Å². The molecule has 166 valence electrons. The van der Waals surface area contributed by atoms with E-state index in [9.17, 15) is 9.90 Å². The molecule has 8 nitrogen and oxygen atoms in total. The monoisotopic (exact) mass is 434 g/mol. The minimum atomic E-state index is -0.901. The summed E-state index contributed by atoms with van der Waals surface area (Å²) in [5.74, 6) is -0.478. The van der Waals surface area contributed by atoms with E-state index in [4.69, 9.17) is 26.4 Å². The molecule has 32 heavy (non-hydrogen) atoms. The van der Waals surface area contributed by atoms with Crippen molar-refractivity contribution in [1.29, 1.82) is 5.41 Å². The number of phenolic OH excluding ortho intramolecular Hbond substituents is 1. The van der Waals surface area contributed by atoms with Crippen molar-refractivity contribution in [1.82, 2.24) is 0 Å². The highest BCUT2D eigenvalue weighted by Gasteiger charge is 2.29. The fourth-order valence-electron chi connectivity index (χ4n) is 3.51. The van der Waals surface area contributed by atoms with Crippen LogP contribution in [0.1, 0.15) is 22.7 Å². The van der Waals surface area contributed by atoms with Gasteiger partial charge < -0.3 is 30.9 Å². The van der Waals surface area contributed by atoms with E-state index in [0.29, 0.717) is 23.4 Å². The lowest BCUT2D eigenvalue weighted by atomic mass is 10.0. The number of methoxy groups -OCH3 is 2. The number of amidine groups is 1. The standard InChI is InChI=1S/C24H26N4O4/c1-31-19-12-17(13-20(32-2)22(19)29)21(24(27)30)28(14-15-6-4-3-5-7-15)18-10-8-16(9-11-18)23(25)26/h3-13,21,29H,14H2,1-2H3,(H3,25,26)(H2,27,30). The molecule has 3 aromatic carbocycles. The van der Waals surface area contributed by atoms with E-state index in [2.05, 4.69) is 0 Å². The summed E-state index contributed by atoms with van der Waals surface area (Å²) in [6.07, 6.45) is 0. The fraction of sp³-hybridized carbons (Fsp3) is 0.167. The van der Waals surface area contributed by atoms with Gasteiger partial charge in [0.15, 0.2) is 11.5 Å². The number of amides is 1. The second-order valence-corrected chi connectivity index (χ2v) is 7.15. The number of hydrogen-bond donors (Lipinski definition) is 4. The number of nitrogens with two attached hydrogens (primary N) is 2. The first-order valence-corrected chi connectivity index (χ1v) is 9.85. The minimum absolute atomic E-state index is 0.0504. The Morgan fingerprint density at radius 3 is 2.03 bits per heavy atom. The number of nitrogen functional groups attached to an aromatic ring is 1. The van der Waals surface area contributed by atoms with Gasteiger partial charge in [-0.25, -0.2) is 0 Å². The molecule has 0 saturated carbocycles. The molecule has 1 amide bonds. The third-order valence-electron chi connectivity index (χ3n) is 5.10. The average molecular weight is 434 g/mol. The molecule has 0 fully saturated rings. The van der Waals surface area contributed by atoms with Crippen molar-refractivity contribution in [3.63, 3.8) is 0 Å². The quantitative estimate of drug-likeness (QED) is 0.302. The molecule has 0 radical (unpaired) electrons. The van der Waals surface area contributed by atoms with Crippen LogP contribution >= 0.6 is 0 Å². The summed E-state index contributed by atoms with van der Waals surface area (Å²) in [6.45, 7) is 0.374. The number of hydrogen-bond acceptors (Lipinski definition) is 6. The van der Waals surface area contributed by atoms with Crippen LogP contribution in [0.3, 0.4) is 0 Å². The summed E-state index contributed by atoms with van der Waals surface area (Å²) in [5, 5.41) is 17.9. The van der Waals surface area contributed by atoms with Gasteiger partial charge in [-0.05, 0) is 47.5 Å². The number of aromatic hydroxyl groups is 1. The normalized spacial score (nSPS) is 11.4. The molecule has 0 bridgehead atoms. The first-order valence-electron chi connectivity index (χ1n) is 9.85. The smallest absolute Gasteiger partial charge is 0.244 e. The SMILES string of the molecule is COc1cc(C(C(N)=O)N(Cc2ccccc2)c2ccc(C(=N)N)cc2)cc(OC)c1O. The molecule has 0 heterocycles. The van der Waals surface area contributed by atoms with E-state index >= 15 is 0 Å². The van der Waals surface area contributed by atoms with Crippen LogP contribution in [0, 0.1) is 5.41 Å². The molecular weight excluding hydrogens is 408 g/mol. The van der Waals surface area contributed by atoms with Crippen LogP contribution in [0.4, 0.5) is 5.69 Å². The van der Waals surface area contributed by atoms with Crippen LogP contribution in [0.2, 0.25) is 0 Å². The first-order chi connectivity index (χ1) is 15.3. The minimum Gasteiger partial charge on any atom is -0.502 e. The molecular formula is C24H26N4O4. The predicted molar refractivity (Wildman–Crippen MR) is 123 cm³/mol. The molecule has 1 unspecified atom stereocenters. The highest BCUT2D eigenvalue weighted by atomic mass is 16.5. The molecule has 0 aromatic heterocycles. The Hall–Kier alpha value is -4.20. The zero-order chi connectivity index (χ0) is 23.3. The topological polar surface area (TPSA) is 135 Å². The number of phenols is 1. The summed E-state index contributed by atoms with van der Waals surface area (Å²) in [6, 6.07) is 18.9. The number of primary amides is 1.